The molecule has 1 aromatic carbocycles. The highest BCUT2D eigenvalue weighted by molar-refractivity contribution is 5.54. The molecule has 1 heterocycles. The van der Waals surface area contributed by atoms with Crippen LogP contribution in [0, 0.1) is 5.92 Å². The lowest BCUT2D eigenvalue weighted by molar-refractivity contribution is 0.341. The van der Waals surface area contributed by atoms with Crippen LogP contribution < -0.4 is 10.2 Å². The van der Waals surface area contributed by atoms with E-state index in [1.54, 1.807) is 0 Å². The number of aryl methyl sites for hydroxylation is 1. The molecule has 0 radical (unpaired) electrons. The van der Waals surface area contributed by atoms with Gasteiger partial charge in [0.2, 0.25) is 0 Å². The lowest BCUT2D eigenvalue weighted by Crippen LogP contribution is -2.53. The summed E-state index contributed by atoms with van der Waals surface area (Å²) in [6.45, 7) is 10.3. The Morgan fingerprint density at radius 2 is 2.11 bits per heavy atom. The highest BCUT2D eigenvalue weighted by Gasteiger charge is 2.24. The molecule has 1 N–H and O–H groups in total. The number of rotatable bonds is 4. The quantitative estimate of drug-likeness (QED) is 0.878. The Kier molecular flexibility index (Phi) is 4.65. The molecule has 0 bridgehead atoms. The van der Waals surface area contributed by atoms with Gasteiger partial charge in [0.1, 0.15) is 0 Å². The number of para-hydroxylation sites is 1. The number of benzene rings is 1. The first kappa shape index (κ1) is 13.4. The predicted molar refractivity (Wildman–Crippen MR) is 79.3 cm³/mol. The Morgan fingerprint density at radius 1 is 1.33 bits per heavy atom. The molecule has 1 fully saturated rings. The van der Waals surface area contributed by atoms with Gasteiger partial charge in [-0.15, -0.1) is 0 Å². The molecule has 0 saturated carbocycles. The van der Waals surface area contributed by atoms with E-state index in [4.69, 9.17) is 0 Å². The highest BCUT2D eigenvalue weighted by Crippen LogP contribution is 2.23. The Hall–Kier alpha value is -1.02. The van der Waals surface area contributed by atoms with Crippen LogP contribution in [0.15, 0.2) is 24.3 Å². The molecule has 0 amide bonds. The van der Waals surface area contributed by atoms with E-state index in [0.29, 0.717) is 6.04 Å². The van der Waals surface area contributed by atoms with Gasteiger partial charge in [-0.3, -0.25) is 0 Å². The van der Waals surface area contributed by atoms with Gasteiger partial charge in [0.05, 0.1) is 0 Å². The lowest BCUT2D eigenvalue weighted by atomic mass is 9.96. The van der Waals surface area contributed by atoms with Gasteiger partial charge in [-0.2, -0.15) is 0 Å². The molecule has 2 unspecified atom stereocenters. The second-order valence-electron chi connectivity index (χ2n) is 5.37. The number of nitrogens with zero attached hydrogens (tertiary/aromatic N) is 1. The first-order chi connectivity index (χ1) is 8.76. The Bertz CT molecular complexity index is 375. The molecule has 1 aromatic rings. The van der Waals surface area contributed by atoms with Crippen molar-refractivity contribution >= 4 is 5.69 Å². The molecule has 0 spiro atoms. The van der Waals surface area contributed by atoms with Gasteiger partial charge in [-0.1, -0.05) is 45.4 Å². The van der Waals surface area contributed by atoms with E-state index in [2.05, 4.69) is 55.3 Å². The Morgan fingerprint density at radius 3 is 2.83 bits per heavy atom. The summed E-state index contributed by atoms with van der Waals surface area (Å²) in [5.74, 6) is 0.751. The molecule has 0 aliphatic carbocycles. The third kappa shape index (κ3) is 2.86. The van der Waals surface area contributed by atoms with E-state index in [1.807, 2.05) is 0 Å². The van der Waals surface area contributed by atoms with Crippen LogP contribution in [0.2, 0.25) is 0 Å². The maximum absolute atomic E-state index is 3.67. The topological polar surface area (TPSA) is 15.3 Å². The molecule has 2 nitrogen and oxygen atoms in total. The number of hydrogen-bond acceptors (Lipinski definition) is 2. The molecule has 1 saturated heterocycles. The fraction of sp³-hybridized carbons (Fsp3) is 0.625. The zero-order chi connectivity index (χ0) is 13.0. The van der Waals surface area contributed by atoms with Gasteiger partial charge >= 0.3 is 0 Å². The minimum atomic E-state index is 0.633. The van der Waals surface area contributed by atoms with Gasteiger partial charge in [0.25, 0.3) is 0 Å². The molecule has 100 valence electrons. The third-order valence-corrected chi connectivity index (χ3v) is 4.25. The summed E-state index contributed by atoms with van der Waals surface area (Å²) in [7, 11) is 0. The van der Waals surface area contributed by atoms with E-state index < -0.39 is 0 Å². The van der Waals surface area contributed by atoms with Gasteiger partial charge in [0, 0.05) is 31.4 Å². The van der Waals surface area contributed by atoms with Crippen LogP contribution in [0.3, 0.4) is 0 Å². The normalized spacial score (nSPS) is 21.9. The summed E-state index contributed by atoms with van der Waals surface area (Å²) in [5.41, 5.74) is 2.91. The largest absolute Gasteiger partial charge is 0.368 e. The van der Waals surface area contributed by atoms with Crippen molar-refractivity contribution in [2.24, 2.45) is 5.92 Å². The van der Waals surface area contributed by atoms with Crippen LogP contribution in [-0.2, 0) is 6.42 Å². The van der Waals surface area contributed by atoms with Gasteiger partial charge < -0.3 is 10.2 Å². The van der Waals surface area contributed by atoms with Crippen LogP contribution in [0.4, 0.5) is 5.69 Å². The molecule has 1 aliphatic rings. The minimum absolute atomic E-state index is 0.633. The van der Waals surface area contributed by atoms with Crippen molar-refractivity contribution < 1.29 is 0 Å². The van der Waals surface area contributed by atoms with E-state index in [9.17, 15) is 0 Å². The molecule has 2 atom stereocenters. The molecule has 1 aliphatic heterocycles. The van der Waals surface area contributed by atoms with Crippen molar-refractivity contribution in [3.05, 3.63) is 29.8 Å². The van der Waals surface area contributed by atoms with Crippen LogP contribution in [0.5, 0.6) is 0 Å². The zero-order valence-corrected chi connectivity index (χ0v) is 11.9. The summed E-state index contributed by atoms with van der Waals surface area (Å²) < 4.78 is 0. The zero-order valence-electron chi connectivity index (χ0n) is 11.9. The van der Waals surface area contributed by atoms with Crippen molar-refractivity contribution in [2.45, 2.75) is 39.7 Å². The number of hydrogen-bond donors (Lipinski definition) is 1. The van der Waals surface area contributed by atoms with Gasteiger partial charge in [-0.05, 0) is 24.0 Å². The fourth-order valence-corrected chi connectivity index (χ4v) is 2.78. The molecule has 2 heteroatoms. The monoisotopic (exact) mass is 246 g/mol. The summed E-state index contributed by atoms with van der Waals surface area (Å²) in [4.78, 5) is 2.56. The second kappa shape index (κ2) is 6.24. The Balaban J connectivity index is 2.13. The SMILES string of the molecule is CCc1ccccc1N1CCNC(C(C)CC)C1. The summed E-state index contributed by atoms with van der Waals surface area (Å²) in [5, 5.41) is 3.67. The predicted octanol–water partition coefficient (Wildman–Crippen LogP) is 3.07. The molecule has 18 heavy (non-hydrogen) atoms. The number of piperazine rings is 1. The molecule has 0 aromatic heterocycles. The highest BCUT2D eigenvalue weighted by atomic mass is 15.2. The van der Waals surface area contributed by atoms with E-state index in [0.717, 1.165) is 32.0 Å². The summed E-state index contributed by atoms with van der Waals surface area (Å²) in [6.07, 6.45) is 2.37. The maximum Gasteiger partial charge on any atom is 0.0399 e. The lowest BCUT2D eigenvalue weighted by Gasteiger charge is -2.38. The van der Waals surface area contributed by atoms with Crippen molar-refractivity contribution in [3.63, 3.8) is 0 Å². The first-order valence-electron chi connectivity index (χ1n) is 7.32. The fourth-order valence-electron chi connectivity index (χ4n) is 2.78. The summed E-state index contributed by atoms with van der Waals surface area (Å²) in [6, 6.07) is 9.48. The molecular weight excluding hydrogens is 220 g/mol. The summed E-state index contributed by atoms with van der Waals surface area (Å²) >= 11 is 0. The number of anilines is 1. The van der Waals surface area contributed by atoms with Gasteiger partial charge in [0.15, 0.2) is 0 Å². The standard InChI is InChI=1S/C16H26N2/c1-4-13(3)15-12-18(11-10-17-15)16-9-7-6-8-14(16)5-2/h6-9,13,15,17H,4-5,10-12H2,1-3H3. The smallest absolute Gasteiger partial charge is 0.0399 e. The van der Waals surface area contributed by atoms with Crippen molar-refractivity contribution in [2.75, 3.05) is 24.5 Å². The molecule has 2 rings (SSSR count). The average Bonchev–Trinajstić information content (AvgIpc) is 2.46. The Labute approximate surface area is 111 Å². The maximum atomic E-state index is 3.67. The van der Waals surface area contributed by atoms with Crippen molar-refractivity contribution in [1.29, 1.82) is 0 Å². The van der Waals surface area contributed by atoms with Crippen LogP contribution in [0.25, 0.3) is 0 Å². The first-order valence-corrected chi connectivity index (χ1v) is 7.32. The third-order valence-electron chi connectivity index (χ3n) is 4.25. The van der Waals surface area contributed by atoms with E-state index in [1.165, 1.54) is 17.7 Å². The second-order valence-corrected chi connectivity index (χ2v) is 5.37. The van der Waals surface area contributed by atoms with Gasteiger partial charge in [-0.25, -0.2) is 0 Å². The van der Waals surface area contributed by atoms with Crippen molar-refractivity contribution in [1.82, 2.24) is 5.32 Å². The van der Waals surface area contributed by atoms with E-state index in [-0.39, 0.29) is 0 Å². The van der Waals surface area contributed by atoms with Crippen LogP contribution in [0.1, 0.15) is 32.8 Å². The number of nitrogens with one attached hydrogen (secondary N) is 1. The average molecular weight is 246 g/mol. The van der Waals surface area contributed by atoms with Crippen LogP contribution in [-0.4, -0.2) is 25.7 Å². The van der Waals surface area contributed by atoms with Crippen LogP contribution >= 0.6 is 0 Å². The minimum Gasteiger partial charge on any atom is -0.368 e. The van der Waals surface area contributed by atoms with Crippen molar-refractivity contribution in [3.8, 4) is 0 Å². The van der Waals surface area contributed by atoms with E-state index >= 15 is 0 Å². The molecular formula is C16H26N2.